The average Bonchev–Trinajstić information content (AvgIpc) is 2.91. The molecule has 1 atom stereocenters. The fourth-order valence-corrected chi connectivity index (χ4v) is 2.20. The van der Waals surface area contributed by atoms with Crippen molar-refractivity contribution in [2.24, 2.45) is 0 Å². The lowest BCUT2D eigenvalue weighted by atomic mass is 9.96. The molecule has 0 spiro atoms. The largest absolute Gasteiger partial charge is 0.287 e. The third-order valence-electron chi connectivity index (χ3n) is 3.02. The van der Waals surface area contributed by atoms with Crippen LogP contribution in [-0.4, -0.2) is 10.8 Å². The minimum Gasteiger partial charge on any atom is -0.287 e. The summed E-state index contributed by atoms with van der Waals surface area (Å²) in [6.45, 7) is 4.36. The molecule has 1 heterocycles. The normalized spacial score (nSPS) is 12.4. The monoisotopic (exact) mass is 245 g/mol. The van der Waals surface area contributed by atoms with Crippen molar-refractivity contribution in [2.75, 3.05) is 0 Å². The molecule has 2 nitrogen and oxygen atoms in total. The maximum atomic E-state index is 12.0. The maximum Gasteiger partial charge on any atom is 0.212 e. The first-order valence-electron chi connectivity index (χ1n) is 5.75. The van der Waals surface area contributed by atoms with Gasteiger partial charge in [0.2, 0.25) is 5.78 Å². The van der Waals surface area contributed by atoms with Crippen molar-refractivity contribution >= 4 is 17.1 Å². The zero-order chi connectivity index (χ0) is 12.3. The Morgan fingerprint density at radius 3 is 2.59 bits per heavy atom. The van der Waals surface area contributed by atoms with Gasteiger partial charge in [-0.05, 0) is 17.9 Å². The highest BCUT2D eigenvalue weighted by atomic mass is 32.1. The van der Waals surface area contributed by atoms with Gasteiger partial charge in [-0.25, -0.2) is 4.98 Å². The van der Waals surface area contributed by atoms with Gasteiger partial charge in [0.15, 0.2) is 0 Å². The van der Waals surface area contributed by atoms with Gasteiger partial charge < -0.3 is 0 Å². The highest BCUT2D eigenvalue weighted by molar-refractivity contribution is 7.07. The SMILES string of the molecule is CCC(C)c1ccc(C(=O)c2cscn2)cc1. The number of nitrogens with zero attached hydrogens (tertiary/aromatic N) is 1. The van der Waals surface area contributed by atoms with Crippen molar-refractivity contribution in [3.05, 3.63) is 52.0 Å². The minimum atomic E-state index is 0.00181. The number of aromatic nitrogens is 1. The van der Waals surface area contributed by atoms with E-state index in [4.69, 9.17) is 0 Å². The van der Waals surface area contributed by atoms with Gasteiger partial charge in [-0.15, -0.1) is 11.3 Å². The third-order valence-corrected chi connectivity index (χ3v) is 3.61. The summed E-state index contributed by atoms with van der Waals surface area (Å²) in [7, 11) is 0. The summed E-state index contributed by atoms with van der Waals surface area (Å²) in [4.78, 5) is 16.0. The highest BCUT2D eigenvalue weighted by Gasteiger charge is 2.11. The van der Waals surface area contributed by atoms with Crippen molar-refractivity contribution in [1.29, 1.82) is 0 Å². The summed E-state index contributed by atoms with van der Waals surface area (Å²) >= 11 is 1.44. The van der Waals surface area contributed by atoms with Crippen molar-refractivity contribution < 1.29 is 4.79 Å². The van der Waals surface area contributed by atoms with E-state index in [1.165, 1.54) is 16.9 Å². The summed E-state index contributed by atoms with van der Waals surface area (Å²) in [5, 5.41) is 1.78. The molecule has 0 radical (unpaired) electrons. The summed E-state index contributed by atoms with van der Waals surface area (Å²) in [5.74, 6) is 0.542. The van der Waals surface area contributed by atoms with Crippen LogP contribution in [0.3, 0.4) is 0 Å². The molecule has 0 amide bonds. The van der Waals surface area contributed by atoms with Crippen molar-refractivity contribution in [1.82, 2.24) is 4.98 Å². The number of benzene rings is 1. The Bertz CT molecular complexity index is 487. The topological polar surface area (TPSA) is 30.0 Å². The second-order valence-corrected chi connectivity index (χ2v) is 4.85. The van der Waals surface area contributed by atoms with E-state index >= 15 is 0 Å². The van der Waals surface area contributed by atoms with Crippen LogP contribution in [0.1, 0.15) is 47.8 Å². The smallest absolute Gasteiger partial charge is 0.212 e. The number of hydrogen-bond donors (Lipinski definition) is 0. The van der Waals surface area contributed by atoms with Crippen LogP contribution in [0, 0.1) is 0 Å². The Morgan fingerprint density at radius 2 is 2.06 bits per heavy atom. The van der Waals surface area contributed by atoms with E-state index in [-0.39, 0.29) is 5.78 Å². The zero-order valence-electron chi connectivity index (χ0n) is 10.0. The summed E-state index contributed by atoms with van der Waals surface area (Å²) in [6, 6.07) is 7.86. The molecule has 0 N–H and O–H groups in total. The molecule has 0 aliphatic carbocycles. The first-order valence-corrected chi connectivity index (χ1v) is 6.69. The molecule has 0 aliphatic rings. The number of ketones is 1. The van der Waals surface area contributed by atoms with E-state index in [1.807, 2.05) is 24.3 Å². The van der Waals surface area contributed by atoms with Gasteiger partial charge in [0.25, 0.3) is 0 Å². The van der Waals surface area contributed by atoms with Crippen LogP contribution in [0.5, 0.6) is 0 Å². The van der Waals surface area contributed by atoms with Crippen molar-refractivity contribution in [3.8, 4) is 0 Å². The molecule has 0 aliphatic heterocycles. The Hall–Kier alpha value is -1.48. The molecule has 1 aromatic heterocycles. The predicted octanol–water partition coefficient (Wildman–Crippen LogP) is 3.89. The summed E-state index contributed by atoms with van der Waals surface area (Å²) < 4.78 is 0. The van der Waals surface area contributed by atoms with Gasteiger partial charge in [0.1, 0.15) is 5.69 Å². The minimum absolute atomic E-state index is 0.00181. The molecule has 0 saturated carbocycles. The van der Waals surface area contributed by atoms with Gasteiger partial charge in [-0.1, -0.05) is 38.1 Å². The van der Waals surface area contributed by atoms with Crippen molar-refractivity contribution in [3.63, 3.8) is 0 Å². The van der Waals surface area contributed by atoms with Crippen LogP contribution in [0.15, 0.2) is 35.2 Å². The van der Waals surface area contributed by atoms with Gasteiger partial charge in [0.05, 0.1) is 5.51 Å². The Kier molecular flexibility index (Phi) is 3.69. The molecule has 3 heteroatoms. The first-order chi connectivity index (χ1) is 8.22. The second-order valence-electron chi connectivity index (χ2n) is 4.13. The molecule has 0 bridgehead atoms. The number of carbonyl (C=O) groups is 1. The average molecular weight is 245 g/mol. The van der Waals surface area contributed by atoms with Crippen LogP contribution in [0.2, 0.25) is 0 Å². The Balaban J connectivity index is 2.21. The molecule has 0 fully saturated rings. The second kappa shape index (κ2) is 5.23. The van der Waals surface area contributed by atoms with Crippen LogP contribution >= 0.6 is 11.3 Å². The van der Waals surface area contributed by atoms with E-state index in [0.29, 0.717) is 17.2 Å². The predicted molar refractivity (Wildman–Crippen MR) is 70.7 cm³/mol. The molecule has 1 aromatic carbocycles. The van der Waals surface area contributed by atoms with Crippen molar-refractivity contribution in [2.45, 2.75) is 26.2 Å². The molecule has 88 valence electrons. The summed E-state index contributed by atoms with van der Waals surface area (Å²) in [6.07, 6.45) is 1.11. The van der Waals surface area contributed by atoms with E-state index < -0.39 is 0 Å². The third kappa shape index (κ3) is 2.61. The highest BCUT2D eigenvalue weighted by Crippen LogP contribution is 2.19. The van der Waals surface area contributed by atoms with E-state index in [0.717, 1.165) is 6.42 Å². The van der Waals surface area contributed by atoms with Crippen LogP contribution in [0.4, 0.5) is 0 Å². The van der Waals surface area contributed by atoms with Crippen LogP contribution in [0.25, 0.3) is 0 Å². The molecular weight excluding hydrogens is 230 g/mol. The molecule has 17 heavy (non-hydrogen) atoms. The van der Waals surface area contributed by atoms with Gasteiger partial charge in [-0.2, -0.15) is 0 Å². The number of rotatable bonds is 4. The Labute approximate surface area is 105 Å². The quantitative estimate of drug-likeness (QED) is 0.765. The maximum absolute atomic E-state index is 12.0. The lowest BCUT2D eigenvalue weighted by molar-refractivity contribution is 0.103. The fourth-order valence-electron chi connectivity index (χ4n) is 1.67. The lowest BCUT2D eigenvalue weighted by Crippen LogP contribution is -2.02. The van der Waals surface area contributed by atoms with E-state index in [2.05, 4.69) is 18.8 Å². The van der Waals surface area contributed by atoms with Gasteiger partial charge in [0, 0.05) is 10.9 Å². The molecule has 1 unspecified atom stereocenters. The first kappa shape index (κ1) is 12.0. The van der Waals surface area contributed by atoms with E-state index in [9.17, 15) is 4.79 Å². The van der Waals surface area contributed by atoms with Gasteiger partial charge >= 0.3 is 0 Å². The van der Waals surface area contributed by atoms with Gasteiger partial charge in [-0.3, -0.25) is 4.79 Å². The molecule has 2 aromatic rings. The molecule has 0 saturated heterocycles. The Morgan fingerprint density at radius 1 is 1.35 bits per heavy atom. The van der Waals surface area contributed by atoms with E-state index in [1.54, 1.807) is 10.9 Å². The number of thiazole rings is 1. The number of carbonyl (C=O) groups excluding carboxylic acids is 1. The van der Waals surface area contributed by atoms with Crippen LogP contribution < -0.4 is 0 Å². The molecule has 2 rings (SSSR count). The zero-order valence-corrected chi connectivity index (χ0v) is 10.8. The van der Waals surface area contributed by atoms with Crippen LogP contribution in [-0.2, 0) is 0 Å². The summed E-state index contributed by atoms with van der Waals surface area (Å²) in [5.41, 5.74) is 4.21. The number of hydrogen-bond acceptors (Lipinski definition) is 3. The standard InChI is InChI=1S/C14H15NOS/c1-3-10(2)11-4-6-12(7-5-11)14(16)13-8-17-9-15-13/h4-10H,3H2,1-2H3. The fraction of sp³-hybridized carbons (Fsp3) is 0.286. The lowest BCUT2D eigenvalue weighted by Gasteiger charge is -2.08. The molecular formula is C14H15NOS.